The molecule has 1 amide bonds. The zero-order valence-corrected chi connectivity index (χ0v) is 11.6. The fourth-order valence-electron chi connectivity index (χ4n) is 2.20. The fraction of sp³-hybridized carbons (Fsp3) is 0.235. The Bertz CT molecular complexity index is 608. The number of anilines is 1. The number of benzene rings is 2. The van der Waals surface area contributed by atoms with Gasteiger partial charge < -0.3 is 5.32 Å². The topological polar surface area (TPSA) is 41.1 Å². The van der Waals surface area contributed by atoms with Gasteiger partial charge in [0.25, 0.3) is 0 Å². The van der Waals surface area contributed by atoms with Crippen LogP contribution in [0.2, 0.25) is 0 Å². The van der Waals surface area contributed by atoms with Gasteiger partial charge in [0.15, 0.2) is 0 Å². The molecule has 108 valence electrons. The van der Waals surface area contributed by atoms with E-state index in [4.69, 9.17) is 0 Å². The van der Waals surface area contributed by atoms with Gasteiger partial charge in [-0.3, -0.25) is 10.1 Å². The van der Waals surface area contributed by atoms with Gasteiger partial charge in [0.1, 0.15) is 11.9 Å². The summed E-state index contributed by atoms with van der Waals surface area (Å²) in [5, 5.41) is 6.19. The van der Waals surface area contributed by atoms with Crippen molar-refractivity contribution in [1.82, 2.24) is 5.32 Å². The molecule has 0 aromatic heterocycles. The molecular weight excluding hydrogens is 267 g/mol. The van der Waals surface area contributed by atoms with Crippen LogP contribution in [-0.4, -0.2) is 11.9 Å². The molecule has 2 aromatic rings. The molecule has 3 rings (SSSR count). The van der Waals surface area contributed by atoms with E-state index in [2.05, 4.69) is 10.6 Å². The Labute approximate surface area is 123 Å². The first-order chi connectivity index (χ1) is 10.2. The van der Waals surface area contributed by atoms with Crippen molar-refractivity contribution < 1.29 is 9.18 Å². The van der Waals surface area contributed by atoms with Gasteiger partial charge >= 0.3 is 0 Å². The maximum Gasteiger partial charge on any atom is 0.246 e. The summed E-state index contributed by atoms with van der Waals surface area (Å²) in [5.41, 5.74) is 1.53. The molecule has 0 aliphatic heterocycles. The second-order valence-corrected chi connectivity index (χ2v) is 5.28. The normalized spacial score (nSPS) is 15.5. The van der Waals surface area contributed by atoms with Crippen molar-refractivity contribution in [3.8, 4) is 0 Å². The number of carbonyl (C=O) groups excluding carboxylic acids is 1. The van der Waals surface area contributed by atoms with Crippen LogP contribution in [0, 0.1) is 5.82 Å². The third kappa shape index (κ3) is 3.67. The Morgan fingerprint density at radius 2 is 1.71 bits per heavy atom. The zero-order chi connectivity index (χ0) is 14.7. The summed E-state index contributed by atoms with van der Waals surface area (Å²) in [6.07, 6.45) is 2.21. The standard InChI is InChI=1S/C17H17FN2O/c18-13-6-8-15(9-7-13)20-17(21)16(19-14-10-11-14)12-4-2-1-3-5-12/h1-9,14,16,19H,10-11H2,(H,20,21)/t16-/m1/s1. The van der Waals surface area contributed by atoms with Crippen LogP contribution in [-0.2, 0) is 4.79 Å². The van der Waals surface area contributed by atoms with E-state index in [1.165, 1.54) is 12.1 Å². The van der Waals surface area contributed by atoms with Crippen LogP contribution in [0.15, 0.2) is 54.6 Å². The number of nitrogens with one attached hydrogen (secondary N) is 2. The fourth-order valence-corrected chi connectivity index (χ4v) is 2.20. The lowest BCUT2D eigenvalue weighted by molar-refractivity contribution is -0.118. The number of hydrogen-bond acceptors (Lipinski definition) is 2. The van der Waals surface area contributed by atoms with Crippen LogP contribution in [0.3, 0.4) is 0 Å². The lowest BCUT2D eigenvalue weighted by atomic mass is 10.1. The van der Waals surface area contributed by atoms with E-state index in [9.17, 15) is 9.18 Å². The Kier molecular flexibility index (Phi) is 3.97. The maximum atomic E-state index is 12.9. The van der Waals surface area contributed by atoms with Gasteiger partial charge in [-0.05, 0) is 42.7 Å². The van der Waals surface area contributed by atoms with Crippen LogP contribution in [0.1, 0.15) is 24.4 Å². The zero-order valence-electron chi connectivity index (χ0n) is 11.6. The van der Waals surface area contributed by atoms with Gasteiger partial charge in [-0.1, -0.05) is 30.3 Å². The number of carbonyl (C=O) groups is 1. The maximum absolute atomic E-state index is 12.9. The molecule has 0 heterocycles. The molecule has 0 unspecified atom stereocenters. The van der Waals surface area contributed by atoms with Crippen LogP contribution < -0.4 is 10.6 Å². The van der Waals surface area contributed by atoms with Crippen molar-refractivity contribution in [3.05, 3.63) is 66.0 Å². The Hall–Kier alpha value is -2.20. The van der Waals surface area contributed by atoms with Crippen LogP contribution >= 0.6 is 0 Å². The third-order valence-corrected chi connectivity index (χ3v) is 3.49. The van der Waals surface area contributed by atoms with Gasteiger partial charge in [0, 0.05) is 11.7 Å². The lowest BCUT2D eigenvalue weighted by Crippen LogP contribution is -2.34. The second kappa shape index (κ2) is 6.06. The summed E-state index contributed by atoms with van der Waals surface area (Å²) >= 11 is 0. The van der Waals surface area contributed by atoms with Crippen LogP contribution in [0.4, 0.5) is 10.1 Å². The van der Waals surface area contributed by atoms with Crippen LogP contribution in [0.5, 0.6) is 0 Å². The average molecular weight is 284 g/mol. The highest BCUT2D eigenvalue weighted by atomic mass is 19.1. The first-order valence-electron chi connectivity index (χ1n) is 7.10. The molecule has 0 saturated heterocycles. The van der Waals surface area contributed by atoms with E-state index in [0.717, 1.165) is 18.4 Å². The monoisotopic (exact) mass is 284 g/mol. The van der Waals surface area contributed by atoms with Gasteiger partial charge in [0.05, 0.1) is 0 Å². The molecule has 3 nitrogen and oxygen atoms in total. The Morgan fingerprint density at radius 3 is 2.33 bits per heavy atom. The van der Waals surface area contributed by atoms with Gasteiger partial charge in [-0.25, -0.2) is 4.39 Å². The number of hydrogen-bond donors (Lipinski definition) is 2. The van der Waals surface area contributed by atoms with Crippen molar-refractivity contribution in [2.45, 2.75) is 24.9 Å². The lowest BCUT2D eigenvalue weighted by Gasteiger charge is -2.18. The molecule has 2 aromatic carbocycles. The Balaban J connectivity index is 1.75. The molecule has 0 bridgehead atoms. The van der Waals surface area contributed by atoms with Crippen molar-refractivity contribution in [2.24, 2.45) is 0 Å². The van der Waals surface area contributed by atoms with Crippen molar-refractivity contribution in [1.29, 1.82) is 0 Å². The predicted octanol–water partition coefficient (Wildman–Crippen LogP) is 3.26. The first-order valence-corrected chi connectivity index (χ1v) is 7.10. The molecule has 1 fully saturated rings. The molecule has 1 aliphatic rings. The van der Waals surface area contributed by atoms with Crippen molar-refractivity contribution in [3.63, 3.8) is 0 Å². The van der Waals surface area contributed by atoms with Gasteiger partial charge in [0.2, 0.25) is 5.91 Å². The molecule has 21 heavy (non-hydrogen) atoms. The minimum absolute atomic E-state index is 0.125. The summed E-state index contributed by atoms with van der Waals surface area (Å²) in [6.45, 7) is 0. The van der Waals surface area contributed by atoms with E-state index in [1.807, 2.05) is 30.3 Å². The van der Waals surface area contributed by atoms with Crippen molar-refractivity contribution in [2.75, 3.05) is 5.32 Å². The van der Waals surface area contributed by atoms with E-state index < -0.39 is 0 Å². The second-order valence-electron chi connectivity index (χ2n) is 5.28. The van der Waals surface area contributed by atoms with Crippen molar-refractivity contribution >= 4 is 11.6 Å². The Morgan fingerprint density at radius 1 is 1.05 bits per heavy atom. The number of halogens is 1. The smallest absolute Gasteiger partial charge is 0.246 e. The number of rotatable bonds is 5. The molecule has 4 heteroatoms. The third-order valence-electron chi connectivity index (χ3n) is 3.49. The first kappa shape index (κ1) is 13.8. The average Bonchev–Trinajstić information content (AvgIpc) is 3.32. The highest BCUT2D eigenvalue weighted by Crippen LogP contribution is 2.25. The minimum atomic E-state index is -0.385. The molecule has 0 radical (unpaired) electrons. The quantitative estimate of drug-likeness (QED) is 0.885. The molecule has 1 saturated carbocycles. The molecule has 1 atom stereocenters. The van der Waals surface area contributed by atoms with E-state index in [-0.39, 0.29) is 17.8 Å². The minimum Gasteiger partial charge on any atom is -0.324 e. The van der Waals surface area contributed by atoms with E-state index in [0.29, 0.717) is 11.7 Å². The summed E-state index contributed by atoms with van der Waals surface area (Å²) < 4.78 is 12.9. The summed E-state index contributed by atoms with van der Waals surface area (Å²) in [7, 11) is 0. The molecule has 0 spiro atoms. The summed E-state index contributed by atoms with van der Waals surface area (Å²) in [4.78, 5) is 12.5. The largest absolute Gasteiger partial charge is 0.324 e. The highest BCUT2D eigenvalue weighted by molar-refractivity contribution is 5.95. The molecular formula is C17H17FN2O. The van der Waals surface area contributed by atoms with E-state index in [1.54, 1.807) is 12.1 Å². The van der Waals surface area contributed by atoms with Crippen LogP contribution in [0.25, 0.3) is 0 Å². The van der Waals surface area contributed by atoms with Gasteiger partial charge in [-0.15, -0.1) is 0 Å². The molecule has 2 N–H and O–H groups in total. The predicted molar refractivity (Wildman–Crippen MR) is 80.4 cm³/mol. The van der Waals surface area contributed by atoms with E-state index >= 15 is 0 Å². The van der Waals surface area contributed by atoms with Gasteiger partial charge in [-0.2, -0.15) is 0 Å². The number of amides is 1. The molecule has 1 aliphatic carbocycles. The summed E-state index contributed by atoms with van der Waals surface area (Å²) in [6, 6.07) is 15.5. The highest BCUT2D eigenvalue weighted by Gasteiger charge is 2.29. The SMILES string of the molecule is O=C(Nc1ccc(F)cc1)[C@H](NC1CC1)c1ccccc1. The summed E-state index contributed by atoms with van der Waals surface area (Å²) in [5.74, 6) is -0.441.